The van der Waals surface area contributed by atoms with Crippen molar-refractivity contribution in [3.63, 3.8) is 0 Å². The number of hydrogen-bond acceptors (Lipinski definition) is 3. The Hall–Kier alpha value is -1.75. The fraction of sp³-hybridized carbons (Fsp3) is 0.588. The maximum absolute atomic E-state index is 12.3. The first-order chi connectivity index (χ1) is 10.6. The zero-order chi connectivity index (χ0) is 15.9. The lowest BCUT2D eigenvalue weighted by molar-refractivity contribution is 0.166. The Morgan fingerprint density at radius 3 is 2.55 bits per heavy atom. The second-order valence-corrected chi connectivity index (χ2v) is 5.99. The summed E-state index contributed by atoms with van der Waals surface area (Å²) < 4.78 is 0. The largest absolute Gasteiger partial charge is 0.394 e. The highest BCUT2D eigenvalue weighted by molar-refractivity contribution is 5.93. The van der Waals surface area contributed by atoms with Gasteiger partial charge in [-0.1, -0.05) is 25.0 Å². The summed E-state index contributed by atoms with van der Waals surface area (Å²) in [6, 6.07) is 7.56. The number of benzene rings is 1. The highest BCUT2D eigenvalue weighted by Crippen LogP contribution is 2.28. The quantitative estimate of drug-likeness (QED) is 0.899. The number of aliphatic hydroxyl groups is 1. The normalized spacial score (nSPS) is 16.8. The van der Waals surface area contributed by atoms with Crippen molar-refractivity contribution < 1.29 is 9.90 Å². The van der Waals surface area contributed by atoms with Gasteiger partial charge in [-0.2, -0.15) is 0 Å². The van der Waals surface area contributed by atoms with Crippen LogP contribution in [0.3, 0.4) is 0 Å². The Kier molecular flexibility index (Phi) is 6.07. The fourth-order valence-electron chi connectivity index (χ4n) is 2.69. The highest BCUT2D eigenvalue weighted by Gasteiger charge is 2.18. The first kappa shape index (κ1) is 16.6. The van der Waals surface area contributed by atoms with Crippen molar-refractivity contribution in [2.24, 2.45) is 0 Å². The standard InChI is InChI=1S/C17H27N3O2/c1-14(13-21)19(2)17(22)18-15-9-5-6-10-16(15)20-11-7-3-4-8-12-20/h5-6,9-10,14,21H,3-4,7-8,11-13H2,1-2H3,(H,18,22). The van der Waals surface area contributed by atoms with Gasteiger partial charge in [-0.05, 0) is 31.9 Å². The van der Waals surface area contributed by atoms with Crippen LogP contribution >= 0.6 is 0 Å². The third kappa shape index (κ3) is 4.13. The minimum absolute atomic E-state index is 0.0440. The van der Waals surface area contributed by atoms with Crippen molar-refractivity contribution in [2.75, 3.05) is 37.0 Å². The van der Waals surface area contributed by atoms with Crippen molar-refractivity contribution in [3.8, 4) is 0 Å². The molecule has 1 atom stereocenters. The van der Waals surface area contributed by atoms with E-state index in [0.29, 0.717) is 0 Å². The van der Waals surface area contributed by atoms with Gasteiger partial charge in [0.1, 0.15) is 0 Å². The number of carbonyl (C=O) groups is 1. The van der Waals surface area contributed by atoms with Crippen molar-refractivity contribution in [1.82, 2.24) is 4.90 Å². The van der Waals surface area contributed by atoms with Crippen LogP contribution in [0.5, 0.6) is 0 Å². The van der Waals surface area contributed by atoms with Crippen LogP contribution in [0.4, 0.5) is 16.2 Å². The number of carbonyl (C=O) groups excluding carboxylic acids is 1. The zero-order valence-electron chi connectivity index (χ0n) is 13.6. The van der Waals surface area contributed by atoms with Crippen LogP contribution in [0, 0.1) is 0 Å². The molecule has 1 heterocycles. The molecule has 1 saturated heterocycles. The molecule has 22 heavy (non-hydrogen) atoms. The molecular formula is C17H27N3O2. The van der Waals surface area contributed by atoms with E-state index in [1.54, 1.807) is 7.05 Å². The molecule has 0 aromatic heterocycles. The van der Waals surface area contributed by atoms with Crippen LogP contribution in [0.2, 0.25) is 0 Å². The zero-order valence-corrected chi connectivity index (χ0v) is 13.6. The van der Waals surface area contributed by atoms with Gasteiger partial charge in [0.15, 0.2) is 0 Å². The molecule has 1 aliphatic rings. The lowest BCUT2D eigenvalue weighted by atomic mass is 10.2. The van der Waals surface area contributed by atoms with E-state index >= 15 is 0 Å². The van der Waals surface area contributed by atoms with Crippen molar-refractivity contribution >= 4 is 17.4 Å². The molecule has 1 aromatic carbocycles. The number of nitrogens with one attached hydrogen (secondary N) is 1. The number of rotatable bonds is 4. The summed E-state index contributed by atoms with van der Waals surface area (Å²) >= 11 is 0. The average Bonchev–Trinajstić information content (AvgIpc) is 2.83. The molecule has 0 spiro atoms. The summed E-state index contributed by atoms with van der Waals surface area (Å²) in [5.74, 6) is 0. The average molecular weight is 305 g/mol. The predicted molar refractivity (Wildman–Crippen MR) is 90.5 cm³/mol. The Balaban J connectivity index is 2.12. The lowest BCUT2D eigenvalue weighted by Crippen LogP contribution is -2.40. The monoisotopic (exact) mass is 305 g/mol. The van der Waals surface area contributed by atoms with Crippen molar-refractivity contribution in [3.05, 3.63) is 24.3 Å². The maximum Gasteiger partial charge on any atom is 0.321 e. The summed E-state index contributed by atoms with van der Waals surface area (Å²) in [4.78, 5) is 16.2. The van der Waals surface area contributed by atoms with Gasteiger partial charge in [0.05, 0.1) is 24.0 Å². The SMILES string of the molecule is CC(CO)N(C)C(=O)Nc1ccccc1N1CCCCCC1. The molecule has 5 nitrogen and oxygen atoms in total. The molecule has 2 N–H and O–H groups in total. The van der Waals surface area contributed by atoms with Crippen LogP contribution in [-0.2, 0) is 0 Å². The van der Waals surface area contributed by atoms with Crippen LogP contribution in [0.15, 0.2) is 24.3 Å². The van der Waals surface area contributed by atoms with E-state index < -0.39 is 0 Å². The molecule has 1 aromatic rings. The van der Waals surface area contributed by atoms with E-state index in [0.717, 1.165) is 24.5 Å². The third-order valence-electron chi connectivity index (χ3n) is 4.34. The van der Waals surface area contributed by atoms with Gasteiger partial charge < -0.3 is 20.2 Å². The molecule has 1 fully saturated rings. The molecule has 0 aliphatic carbocycles. The van der Waals surface area contributed by atoms with E-state index in [2.05, 4.69) is 16.3 Å². The lowest BCUT2D eigenvalue weighted by Gasteiger charge is -2.28. The number of anilines is 2. The number of urea groups is 1. The second kappa shape index (κ2) is 8.03. The number of para-hydroxylation sites is 2. The van der Waals surface area contributed by atoms with Gasteiger partial charge in [0.2, 0.25) is 0 Å². The van der Waals surface area contributed by atoms with Crippen LogP contribution in [-0.4, -0.2) is 48.8 Å². The number of nitrogens with zero attached hydrogens (tertiary/aromatic N) is 2. The molecular weight excluding hydrogens is 278 g/mol. The van der Waals surface area contributed by atoms with Gasteiger partial charge in [-0.15, -0.1) is 0 Å². The minimum atomic E-state index is -0.203. The summed E-state index contributed by atoms with van der Waals surface area (Å²) in [6.07, 6.45) is 4.96. The summed E-state index contributed by atoms with van der Waals surface area (Å²) in [5, 5.41) is 12.2. The minimum Gasteiger partial charge on any atom is -0.394 e. The van der Waals surface area contributed by atoms with Crippen LogP contribution in [0.25, 0.3) is 0 Å². The Morgan fingerprint density at radius 2 is 1.91 bits per heavy atom. The van der Waals surface area contributed by atoms with E-state index in [9.17, 15) is 9.90 Å². The van der Waals surface area contributed by atoms with Gasteiger partial charge in [0, 0.05) is 20.1 Å². The molecule has 1 unspecified atom stereocenters. The number of hydrogen-bond donors (Lipinski definition) is 2. The molecule has 0 radical (unpaired) electrons. The number of aliphatic hydroxyl groups excluding tert-OH is 1. The first-order valence-corrected chi connectivity index (χ1v) is 8.12. The summed E-state index contributed by atoms with van der Waals surface area (Å²) in [6.45, 7) is 3.85. The Bertz CT molecular complexity index is 485. The van der Waals surface area contributed by atoms with E-state index in [1.165, 1.54) is 30.6 Å². The molecule has 122 valence electrons. The Morgan fingerprint density at radius 1 is 1.27 bits per heavy atom. The highest BCUT2D eigenvalue weighted by atomic mass is 16.3. The topological polar surface area (TPSA) is 55.8 Å². The number of amides is 2. The molecule has 0 saturated carbocycles. The molecule has 1 aliphatic heterocycles. The first-order valence-electron chi connectivity index (χ1n) is 8.12. The molecule has 0 bridgehead atoms. The van der Waals surface area contributed by atoms with Crippen molar-refractivity contribution in [1.29, 1.82) is 0 Å². The number of likely N-dealkylation sites (N-methyl/N-ethyl adjacent to an activating group) is 1. The van der Waals surface area contributed by atoms with Gasteiger partial charge in [-0.25, -0.2) is 4.79 Å². The van der Waals surface area contributed by atoms with E-state index in [4.69, 9.17) is 0 Å². The third-order valence-corrected chi connectivity index (χ3v) is 4.34. The predicted octanol–water partition coefficient (Wildman–Crippen LogP) is 2.91. The smallest absolute Gasteiger partial charge is 0.321 e. The molecule has 5 heteroatoms. The van der Waals surface area contributed by atoms with Gasteiger partial charge in [-0.3, -0.25) is 0 Å². The van der Waals surface area contributed by atoms with E-state index in [-0.39, 0.29) is 18.7 Å². The Labute approximate surface area is 132 Å². The summed E-state index contributed by atoms with van der Waals surface area (Å²) in [5.41, 5.74) is 1.93. The second-order valence-electron chi connectivity index (χ2n) is 5.99. The fourth-order valence-corrected chi connectivity index (χ4v) is 2.69. The van der Waals surface area contributed by atoms with Crippen LogP contribution in [0.1, 0.15) is 32.6 Å². The van der Waals surface area contributed by atoms with Gasteiger partial charge in [0.25, 0.3) is 0 Å². The molecule has 2 rings (SSSR count). The van der Waals surface area contributed by atoms with Crippen LogP contribution < -0.4 is 10.2 Å². The summed E-state index contributed by atoms with van der Waals surface area (Å²) in [7, 11) is 1.70. The van der Waals surface area contributed by atoms with Gasteiger partial charge >= 0.3 is 6.03 Å². The molecule has 2 amide bonds. The maximum atomic E-state index is 12.3. The van der Waals surface area contributed by atoms with E-state index in [1.807, 2.05) is 25.1 Å². The van der Waals surface area contributed by atoms with Crippen molar-refractivity contribution in [2.45, 2.75) is 38.6 Å².